The van der Waals surface area contributed by atoms with E-state index in [0.717, 1.165) is 11.0 Å². The van der Waals surface area contributed by atoms with Gasteiger partial charge in [0.05, 0.1) is 12.6 Å². The molecule has 2 aromatic rings. The highest BCUT2D eigenvalue weighted by molar-refractivity contribution is 9.10. The largest absolute Gasteiger partial charge is 0.390 e. The topological polar surface area (TPSA) is 50.1 Å². The molecule has 0 aliphatic heterocycles. The Labute approximate surface area is 115 Å². The second kappa shape index (κ2) is 6.68. The summed E-state index contributed by atoms with van der Waals surface area (Å²) in [6.07, 6.45) is 3.12. The van der Waals surface area contributed by atoms with Gasteiger partial charge < -0.3 is 10.4 Å². The van der Waals surface area contributed by atoms with Gasteiger partial charge in [0.2, 0.25) is 0 Å². The summed E-state index contributed by atoms with van der Waals surface area (Å²) in [5, 5.41) is 17.1. The fourth-order valence-electron chi connectivity index (χ4n) is 1.70. The molecule has 4 nitrogen and oxygen atoms in total. The van der Waals surface area contributed by atoms with Gasteiger partial charge >= 0.3 is 0 Å². The van der Waals surface area contributed by atoms with Gasteiger partial charge in [-0.1, -0.05) is 34.1 Å². The molecule has 0 bridgehead atoms. The fraction of sp³-hybridized carbons (Fsp3) is 0.308. The van der Waals surface area contributed by atoms with Crippen LogP contribution in [0.25, 0.3) is 0 Å². The van der Waals surface area contributed by atoms with Crippen LogP contribution in [0.4, 0.5) is 0 Å². The number of aliphatic hydroxyl groups excluding tert-OH is 1. The van der Waals surface area contributed by atoms with Crippen LogP contribution in [-0.2, 0) is 13.1 Å². The number of hydrogen-bond donors (Lipinski definition) is 2. The molecule has 1 unspecified atom stereocenters. The van der Waals surface area contributed by atoms with E-state index in [2.05, 4.69) is 32.4 Å². The van der Waals surface area contributed by atoms with Crippen LogP contribution in [0.2, 0.25) is 0 Å². The van der Waals surface area contributed by atoms with Crippen molar-refractivity contribution in [3.05, 3.63) is 52.8 Å². The fourth-order valence-corrected chi connectivity index (χ4v) is 2.13. The van der Waals surface area contributed by atoms with Crippen molar-refractivity contribution >= 4 is 15.9 Å². The van der Waals surface area contributed by atoms with Crippen LogP contribution in [0, 0.1) is 0 Å². The van der Waals surface area contributed by atoms with E-state index >= 15 is 0 Å². The Hall–Kier alpha value is -1.17. The summed E-state index contributed by atoms with van der Waals surface area (Å²) in [5.74, 6) is 0. The predicted octanol–water partition coefficient (Wildman–Crippen LogP) is 1.80. The Morgan fingerprint density at radius 1 is 1.33 bits per heavy atom. The van der Waals surface area contributed by atoms with Gasteiger partial charge in [0.15, 0.2) is 0 Å². The number of halogens is 1. The van der Waals surface area contributed by atoms with Crippen molar-refractivity contribution in [1.82, 2.24) is 15.1 Å². The predicted molar refractivity (Wildman–Crippen MR) is 74.1 cm³/mol. The van der Waals surface area contributed by atoms with Crippen molar-refractivity contribution in [2.75, 3.05) is 6.54 Å². The normalized spacial score (nSPS) is 12.6. The molecule has 0 aliphatic rings. The molecule has 1 heterocycles. The van der Waals surface area contributed by atoms with Gasteiger partial charge in [-0.2, -0.15) is 5.10 Å². The second-order valence-electron chi connectivity index (χ2n) is 4.10. The van der Waals surface area contributed by atoms with E-state index in [1.165, 1.54) is 5.56 Å². The van der Waals surface area contributed by atoms with E-state index in [1.54, 1.807) is 10.9 Å². The van der Waals surface area contributed by atoms with Crippen LogP contribution in [-0.4, -0.2) is 27.5 Å². The Morgan fingerprint density at radius 2 is 2.17 bits per heavy atom. The highest BCUT2D eigenvalue weighted by Gasteiger charge is 2.05. The van der Waals surface area contributed by atoms with Gasteiger partial charge in [-0.15, -0.1) is 0 Å². The average Bonchev–Trinajstić information content (AvgIpc) is 2.84. The highest BCUT2D eigenvalue weighted by Crippen LogP contribution is 2.15. The van der Waals surface area contributed by atoms with Gasteiger partial charge in [-0.25, -0.2) is 0 Å². The Bertz CT molecular complexity index is 473. The maximum Gasteiger partial charge on any atom is 0.0860 e. The molecule has 0 aliphatic carbocycles. The summed E-state index contributed by atoms with van der Waals surface area (Å²) in [6, 6.07) is 9.90. The number of hydrogen-bond acceptors (Lipinski definition) is 3. The average molecular weight is 310 g/mol. The minimum atomic E-state index is -0.438. The number of aliphatic hydroxyl groups is 1. The van der Waals surface area contributed by atoms with Gasteiger partial charge in [-0.3, -0.25) is 4.68 Å². The van der Waals surface area contributed by atoms with Crippen molar-refractivity contribution in [3.8, 4) is 0 Å². The zero-order chi connectivity index (χ0) is 12.8. The molecule has 18 heavy (non-hydrogen) atoms. The molecule has 1 aromatic heterocycles. The maximum atomic E-state index is 9.83. The standard InChI is InChI=1S/C13H16BrN3O/c14-13-5-2-1-4-11(13)8-15-9-12(18)10-17-7-3-6-16-17/h1-7,12,15,18H,8-10H2. The van der Waals surface area contributed by atoms with E-state index in [1.807, 2.05) is 30.5 Å². The lowest BCUT2D eigenvalue weighted by Crippen LogP contribution is -2.30. The number of aromatic nitrogens is 2. The van der Waals surface area contributed by atoms with Crippen LogP contribution >= 0.6 is 15.9 Å². The molecule has 1 atom stereocenters. The highest BCUT2D eigenvalue weighted by atomic mass is 79.9. The van der Waals surface area contributed by atoms with Crippen LogP contribution in [0.15, 0.2) is 47.2 Å². The molecule has 1 aromatic carbocycles. The minimum Gasteiger partial charge on any atom is -0.390 e. The van der Waals surface area contributed by atoms with Crippen molar-refractivity contribution in [1.29, 1.82) is 0 Å². The smallest absolute Gasteiger partial charge is 0.0860 e. The Morgan fingerprint density at radius 3 is 2.89 bits per heavy atom. The molecule has 5 heteroatoms. The van der Waals surface area contributed by atoms with Crippen molar-refractivity contribution in [3.63, 3.8) is 0 Å². The van der Waals surface area contributed by atoms with Gasteiger partial charge in [0.1, 0.15) is 0 Å². The van der Waals surface area contributed by atoms with E-state index in [0.29, 0.717) is 13.1 Å². The lowest BCUT2D eigenvalue weighted by Gasteiger charge is -2.12. The molecule has 0 saturated carbocycles. The summed E-state index contributed by atoms with van der Waals surface area (Å²) in [4.78, 5) is 0. The van der Waals surface area contributed by atoms with Crippen LogP contribution in [0.1, 0.15) is 5.56 Å². The molecule has 0 radical (unpaired) electrons. The molecule has 0 saturated heterocycles. The molecular weight excluding hydrogens is 294 g/mol. The summed E-state index contributed by atoms with van der Waals surface area (Å²) in [5.41, 5.74) is 1.18. The summed E-state index contributed by atoms with van der Waals surface area (Å²) < 4.78 is 2.81. The lowest BCUT2D eigenvalue weighted by atomic mass is 10.2. The zero-order valence-corrected chi connectivity index (χ0v) is 11.5. The van der Waals surface area contributed by atoms with E-state index in [-0.39, 0.29) is 0 Å². The molecule has 0 amide bonds. The Kier molecular flexibility index (Phi) is 4.92. The van der Waals surface area contributed by atoms with Gasteiger partial charge in [0, 0.05) is 30.0 Å². The van der Waals surface area contributed by atoms with E-state index < -0.39 is 6.10 Å². The zero-order valence-electron chi connectivity index (χ0n) is 9.96. The summed E-state index contributed by atoms with van der Waals surface area (Å²) in [6.45, 7) is 1.79. The maximum absolute atomic E-state index is 9.83. The van der Waals surface area contributed by atoms with Crippen LogP contribution in [0.3, 0.4) is 0 Å². The first-order valence-corrected chi connectivity index (χ1v) is 6.64. The second-order valence-corrected chi connectivity index (χ2v) is 4.96. The third-order valence-corrected chi connectivity index (χ3v) is 3.38. The molecule has 2 N–H and O–H groups in total. The summed E-state index contributed by atoms with van der Waals surface area (Å²) in [7, 11) is 0. The molecular formula is C13H16BrN3O. The molecule has 2 rings (SSSR count). The number of nitrogens with zero attached hydrogens (tertiary/aromatic N) is 2. The first-order valence-electron chi connectivity index (χ1n) is 5.85. The number of rotatable bonds is 6. The first-order chi connectivity index (χ1) is 8.75. The molecule has 0 fully saturated rings. The number of benzene rings is 1. The van der Waals surface area contributed by atoms with Crippen molar-refractivity contribution in [2.45, 2.75) is 19.2 Å². The van der Waals surface area contributed by atoms with Crippen LogP contribution in [0.5, 0.6) is 0 Å². The van der Waals surface area contributed by atoms with Gasteiger partial charge in [-0.05, 0) is 17.7 Å². The van der Waals surface area contributed by atoms with Crippen LogP contribution < -0.4 is 5.32 Å². The van der Waals surface area contributed by atoms with Crippen molar-refractivity contribution in [2.24, 2.45) is 0 Å². The monoisotopic (exact) mass is 309 g/mol. The first kappa shape index (κ1) is 13.3. The third kappa shape index (κ3) is 3.94. The SMILES string of the molecule is OC(CNCc1ccccc1Br)Cn1cccn1. The molecule has 96 valence electrons. The number of nitrogens with one attached hydrogen (secondary N) is 1. The van der Waals surface area contributed by atoms with E-state index in [9.17, 15) is 5.11 Å². The molecule has 0 spiro atoms. The third-order valence-electron chi connectivity index (χ3n) is 2.61. The lowest BCUT2D eigenvalue weighted by molar-refractivity contribution is 0.146. The minimum absolute atomic E-state index is 0.438. The quantitative estimate of drug-likeness (QED) is 0.855. The summed E-state index contributed by atoms with van der Waals surface area (Å²) >= 11 is 3.50. The van der Waals surface area contributed by atoms with Gasteiger partial charge in [0.25, 0.3) is 0 Å². The van der Waals surface area contributed by atoms with E-state index in [4.69, 9.17) is 0 Å². The van der Waals surface area contributed by atoms with Crippen molar-refractivity contribution < 1.29 is 5.11 Å². The Balaban J connectivity index is 1.74.